The fraction of sp³-hybridized carbons (Fsp3) is 0.429. The summed E-state index contributed by atoms with van der Waals surface area (Å²) in [5.41, 5.74) is 5.85. The van der Waals surface area contributed by atoms with Gasteiger partial charge in [-0.1, -0.05) is 0 Å². The van der Waals surface area contributed by atoms with Gasteiger partial charge in [-0.15, -0.1) is 0 Å². The van der Waals surface area contributed by atoms with Crippen LogP contribution < -0.4 is 11.3 Å². The van der Waals surface area contributed by atoms with Crippen molar-refractivity contribution in [3.63, 3.8) is 0 Å². The molecule has 1 aromatic heterocycles. The number of nitrogen functional groups attached to an aromatic ring is 1. The fourth-order valence-electron chi connectivity index (χ4n) is 0.803. The van der Waals surface area contributed by atoms with E-state index in [0.29, 0.717) is 23.0 Å². The molecule has 5 heteroatoms. The third kappa shape index (κ3) is 1.79. The Labute approximate surface area is 74.6 Å². The van der Waals surface area contributed by atoms with E-state index in [1.807, 2.05) is 6.26 Å². The maximum atomic E-state index is 11.2. The third-order valence-electron chi connectivity index (χ3n) is 1.52. The highest BCUT2D eigenvalue weighted by Crippen LogP contribution is 2.05. The maximum absolute atomic E-state index is 11.2. The van der Waals surface area contributed by atoms with Crippen LogP contribution in [0.15, 0.2) is 4.79 Å². The molecule has 0 radical (unpaired) electrons. The van der Waals surface area contributed by atoms with Crippen LogP contribution in [0, 0.1) is 6.92 Å². The van der Waals surface area contributed by atoms with E-state index in [1.165, 1.54) is 0 Å². The van der Waals surface area contributed by atoms with Crippen LogP contribution >= 0.6 is 11.8 Å². The molecule has 0 amide bonds. The summed E-state index contributed by atoms with van der Waals surface area (Å²) in [4.78, 5) is 17.8. The summed E-state index contributed by atoms with van der Waals surface area (Å²) in [6, 6.07) is 0. The first-order valence-electron chi connectivity index (χ1n) is 3.49. The number of H-pyrrole nitrogens is 1. The van der Waals surface area contributed by atoms with Gasteiger partial charge < -0.3 is 10.7 Å². The number of aromatic amines is 1. The number of aromatic nitrogens is 2. The lowest BCUT2D eigenvalue weighted by Crippen LogP contribution is -2.16. The van der Waals surface area contributed by atoms with Crippen molar-refractivity contribution in [2.24, 2.45) is 0 Å². The van der Waals surface area contributed by atoms with Crippen LogP contribution in [0.25, 0.3) is 0 Å². The average Bonchev–Trinajstić information content (AvgIpc) is 2.01. The van der Waals surface area contributed by atoms with Crippen molar-refractivity contribution in [2.45, 2.75) is 12.7 Å². The Morgan fingerprint density at radius 2 is 2.33 bits per heavy atom. The van der Waals surface area contributed by atoms with Gasteiger partial charge in [0.1, 0.15) is 11.6 Å². The highest BCUT2D eigenvalue weighted by atomic mass is 32.2. The van der Waals surface area contributed by atoms with Crippen LogP contribution in [-0.2, 0) is 5.75 Å². The minimum atomic E-state index is -0.147. The Balaban J connectivity index is 3.13. The lowest BCUT2D eigenvalue weighted by atomic mass is 10.3. The van der Waals surface area contributed by atoms with Crippen LogP contribution in [-0.4, -0.2) is 16.2 Å². The summed E-state index contributed by atoms with van der Waals surface area (Å²) in [7, 11) is 0. The van der Waals surface area contributed by atoms with Gasteiger partial charge in [0.25, 0.3) is 5.56 Å². The molecular weight excluding hydrogens is 174 g/mol. The van der Waals surface area contributed by atoms with E-state index >= 15 is 0 Å². The lowest BCUT2D eigenvalue weighted by molar-refractivity contribution is 0.989. The smallest absolute Gasteiger partial charge is 0.255 e. The zero-order valence-corrected chi connectivity index (χ0v) is 7.86. The zero-order chi connectivity index (χ0) is 9.14. The summed E-state index contributed by atoms with van der Waals surface area (Å²) in [6.07, 6.45) is 1.94. The quantitative estimate of drug-likeness (QED) is 0.704. The molecule has 1 aromatic rings. The molecule has 0 saturated carbocycles. The average molecular weight is 185 g/mol. The number of thioether (sulfide) groups is 1. The molecule has 0 bridgehead atoms. The molecule has 0 aromatic carbocycles. The predicted octanol–water partition coefficient (Wildman–Crippen LogP) is 0.524. The van der Waals surface area contributed by atoms with Gasteiger partial charge >= 0.3 is 0 Å². The second-order valence-corrected chi connectivity index (χ2v) is 3.32. The van der Waals surface area contributed by atoms with E-state index in [0.717, 1.165) is 0 Å². The topological polar surface area (TPSA) is 71.8 Å². The van der Waals surface area contributed by atoms with Crippen molar-refractivity contribution in [2.75, 3.05) is 12.0 Å². The number of hydrogen-bond acceptors (Lipinski definition) is 4. The molecule has 0 spiro atoms. The summed E-state index contributed by atoms with van der Waals surface area (Å²) >= 11 is 1.59. The normalized spacial score (nSPS) is 10.2. The Morgan fingerprint density at radius 3 is 2.83 bits per heavy atom. The van der Waals surface area contributed by atoms with E-state index in [9.17, 15) is 4.79 Å². The van der Waals surface area contributed by atoms with Gasteiger partial charge in [0.05, 0.1) is 11.3 Å². The van der Waals surface area contributed by atoms with E-state index in [1.54, 1.807) is 18.7 Å². The summed E-state index contributed by atoms with van der Waals surface area (Å²) < 4.78 is 0. The van der Waals surface area contributed by atoms with Gasteiger partial charge in [-0.25, -0.2) is 4.98 Å². The minimum absolute atomic E-state index is 0.147. The monoisotopic (exact) mass is 185 g/mol. The third-order valence-corrected chi connectivity index (χ3v) is 2.08. The molecular formula is C7H11N3OS. The summed E-state index contributed by atoms with van der Waals surface area (Å²) in [5, 5.41) is 0. The highest BCUT2D eigenvalue weighted by molar-refractivity contribution is 7.97. The Bertz CT molecular complexity index is 334. The van der Waals surface area contributed by atoms with Crippen molar-refractivity contribution in [1.29, 1.82) is 0 Å². The number of nitrogens with two attached hydrogens (primary N) is 1. The first kappa shape index (κ1) is 9.12. The first-order chi connectivity index (χ1) is 5.65. The molecule has 3 N–H and O–H groups in total. The molecule has 66 valence electrons. The second kappa shape index (κ2) is 3.62. The van der Waals surface area contributed by atoms with E-state index in [-0.39, 0.29) is 5.56 Å². The van der Waals surface area contributed by atoms with Crippen LogP contribution in [0.4, 0.5) is 5.82 Å². The molecule has 0 aliphatic rings. The van der Waals surface area contributed by atoms with Crippen molar-refractivity contribution in [3.05, 3.63) is 21.7 Å². The maximum Gasteiger partial charge on any atom is 0.255 e. The number of rotatable bonds is 2. The molecule has 0 fully saturated rings. The van der Waals surface area contributed by atoms with Gasteiger partial charge in [0.2, 0.25) is 0 Å². The van der Waals surface area contributed by atoms with Crippen LogP contribution in [0.2, 0.25) is 0 Å². The Kier molecular flexibility index (Phi) is 2.75. The van der Waals surface area contributed by atoms with Crippen LogP contribution in [0.5, 0.6) is 0 Å². The fourth-order valence-corrected chi connectivity index (χ4v) is 1.21. The Hall–Kier alpha value is -0.970. The lowest BCUT2D eigenvalue weighted by Gasteiger charge is -2.01. The molecule has 1 heterocycles. The summed E-state index contributed by atoms with van der Waals surface area (Å²) in [6.45, 7) is 1.66. The molecule has 0 aliphatic carbocycles. The predicted molar refractivity (Wildman–Crippen MR) is 51.2 cm³/mol. The number of nitrogens with one attached hydrogen (secondary N) is 1. The highest BCUT2D eigenvalue weighted by Gasteiger charge is 2.02. The molecule has 0 saturated heterocycles. The van der Waals surface area contributed by atoms with Gasteiger partial charge in [-0.05, 0) is 13.2 Å². The largest absolute Gasteiger partial charge is 0.383 e. The minimum Gasteiger partial charge on any atom is -0.383 e. The zero-order valence-electron chi connectivity index (χ0n) is 7.05. The van der Waals surface area contributed by atoms with Crippen LogP contribution in [0.1, 0.15) is 11.4 Å². The molecule has 0 unspecified atom stereocenters. The van der Waals surface area contributed by atoms with Crippen molar-refractivity contribution >= 4 is 17.6 Å². The van der Waals surface area contributed by atoms with Crippen molar-refractivity contribution < 1.29 is 0 Å². The summed E-state index contributed by atoms with van der Waals surface area (Å²) in [5.74, 6) is 1.64. The van der Waals surface area contributed by atoms with Crippen molar-refractivity contribution in [3.8, 4) is 0 Å². The van der Waals surface area contributed by atoms with Gasteiger partial charge in [0, 0.05) is 0 Å². The number of nitrogens with zero attached hydrogens (tertiary/aromatic N) is 1. The van der Waals surface area contributed by atoms with E-state index < -0.39 is 0 Å². The molecule has 0 aliphatic heterocycles. The van der Waals surface area contributed by atoms with E-state index in [2.05, 4.69) is 9.97 Å². The van der Waals surface area contributed by atoms with Gasteiger partial charge in [0.15, 0.2) is 0 Å². The van der Waals surface area contributed by atoms with Gasteiger partial charge in [-0.2, -0.15) is 11.8 Å². The molecule has 0 atom stereocenters. The number of hydrogen-bond donors (Lipinski definition) is 2. The van der Waals surface area contributed by atoms with Crippen molar-refractivity contribution in [1.82, 2.24) is 9.97 Å². The second-order valence-electron chi connectivity index (χ2n) is 2.46. The molecule has 4 nitrogen and oxygen atoms in total. The number of anilines is 1. The van der Waals surface area contributed by atoms with E-state index in [4.69, 9.17) is 5.73 Å². The molecule has 1 rings (SSSR count). The van der Waals surface area contributed by atoms with Crippen LogP contribution in [0.3, 0.4) is 0 Å². The standard InChI is InChI=1S/C7H11N3OS/c1-4-6(8)9-5(3-12-2)10-7(4)11/h3H2,1-2H3,(H3,8,9,10,11). The Morgan fingerprint density at radius 1 is 1.67 bits per heavy atom. The SMILES string of the molecule is CSCc1nc(N)c(C)c(=O)[nH]1. The first-order valence-corrected chi connectivity index (χ1v) is 4.88. The molecule has 12 heavy (non-hydrogen) atoms. The van der Waals surface area contributed by atoms with Gasteiger partial charge in [-0.3, -0.25) is 4.79 Å².